The lowest BCUT2D eigenvalue weighted by molar-refractivity contribution is -0.166. The normalized spacial score (nSPS) is 50.8. The van der Waals surface area contributed by atoms with E-state index in [2.05, 4.69) is 17.4 Å². The summed E-state index contributed by atoms with van der Waals surface area (Å²) < 4.78 is 14.5. The van der Waals surface area contributed by atoms with E-state index >= 15 is 0 Å². The number of aliphatic hydroxyl groups is 1. The number of carbonyl (C=O) groups excluding carboxylic acids is 2. The number of aliphatic hydroxyl groups excluding tert-OH is 1. The molecule has 0 spiro atoms. The van der Waals surface area contributed by atoms with Crippen LogP contribution in [0.25, 0.3) is 0 Å². The summed E-state index contributed by atoms with van der Waals surface area (Å²) in [5.41, 5.74) is 0.141. The third-order valence-electron chi connectivity index (χ3n) is 9.79. The van der Waals surface area contributed by atoms with Crippen molar-refractivity contribution in [3.63, 3.8) is 0 Å². The first-order valence-corrected chi connectivity index (χ1v) is 12.0. The summed E-state index contributed by atoms with van der Waals surface area (Å²) >= 11 is 0. The quantitative estimate of drug-likeness (QED) is 0.667. The Balaban J connectivity index is 1.42. The summed E-state index contributed by atoms with van der Waals surface area (Å²) in [4.78, 5) is 32.0. The summed E-state index contributed by atoms with van der Waals surface area (Å²) in [6.07, 6.45) is 3.61. The fourth-order valence-corrected chi connectivity index (χ4v) is 7.90. The Hall–Kier alpha value is -1.34. The van der Waals surface area contributed by atoms with Crippen LogP contribution < -0.4 is 5.32 Å². The molecule has 0 radical (unpaired) electrons. The molecule has 4 saturated carbocycles. The molecule has 5 aliphatic rings. The number of nitrogens with zero attached hydrogens (tertiary/aromatic N) is 1. The summed E-state index contributed by atoms with van der Waals surface area (Å²) in [5, 5.41) is 18.0. The standard InChI is InChI=1S/C24H35FN2O4/c1-23-6-3-13(27-31-14-5-8-26-11-14)9-17(23)15(12-28)21(29)20-16(23)4-7-24(2)18(20)10-19(25)22(24)30/h14-20,26,28H,3-12H2,1-2H3/b27-13+/t14?,15-,16?,17?,18?,19?,20?,23-,24?/m1/s1. The molecule has 4 aliphatic carbocycles. The largest absolute Gasteiger partial charge is 0.396 e. The Morgan fingerprint density at radius 2 is 2.00 bits per heavy atom. The minimum atomic E-state index is -1.45. The third kappa shape index (κ3) is 3.13. The van der Waals surface area contributed by atoms with Gasteiger partial charge in [-0.15, -0.1) is 0 Å². The van der Waals surface area contributed by atoms with E-state index in [1.54, 1.807) is 0 Å². The molecular formula is C24H35FN2O4. The van der Waals surface area contributed by atoms with Gasteiger partial charge >= 0.3 is 0 Å². The van der Waals surface area contributed by atoms with Crippen LogP contribution in [0.15, 0.2) is 5.16 Å². The monoisotopic (exact) mass is 434 g/mol. The van der Waals surface area contributed by atoms with Crippen LogP contribution in [0.5, 0.6) is 0 Å². The van der Waals surface area contributed by atoms with Crippen LogP contribution in [0.3, 0.4) is 0 Å². The van der Waals surface area contributed by atoms with Crippen LogP contribution in [0.1, 0.15) is 58.8 Å². The number of ketones is 2. The number of Topliss-reactive ketones (excluding diaryl/α,β-unsaturated/α-hetero) is 2. The zero-order valence-electron chi connectivity index (χ0n) is 18.6. The van der Waals surface area contributed by atoms with Crippen LogP contribution in [0, 0.1) is 40.4 Å². The number of halogens is 1. The van der Waals surface area contributed by atoms with Gasteiger partial charge in [-0.3, -0.25) is 9.59 Å². The number of alkyl halides is 1. The van der Waals surface area contributed by atoms with Gasteiger partial charge in [-0.25, -0.2) is 4.39 Å². The zero-order valence-corrected chi connectivity index (χ0v) is 18.6. The van der Waals surface area contributed by atoms with Gasteiger partial charge in [0, 0.05) is 30.2 Å². The van der Waals surface area contributed by atoms with E-state index in [1.807, 2.05) is 6.92 Å². The smallest absolute Gasteiger partial charge is 0.173 e. The van der Waals surface area contributed by atoms with Crippen molar-refractivity contribution >= 4 is 17.3 Å². The fraction of sp³-hybridized carbons (Fsp3) is 0.875. The zero-order chi connectivity index (χ0) is 22.0. The molecule has 1 saturated heterocycles. The summed E-state index contributed by atoms with van der Waals surface area (Å²) in [7, 11) is 0. The minimum Gasteiger partial charge on any atom is -0.396 e. The molecular weight excluding hydrogens is 399 g/mol. The molecule has 1 aliphatic heterocycles. The molecule has 5 rings (SSSR count). The van der Waals surface area contributed by atoms with Gasteiger partial charge in [0.05, 0.1) is 12.3 Å². The molecule has 0 aromatic carbocycles. The molecule has 0 bridgehead atoms. The first-order chi connectivity index (χ1) is 14.8. The van der Waals surface area contributed by atoms with Crippen molar-refractivity contribution in [3.8, 4) is 0 Å². The molecule has 2 N–H and O–H groups in total. The highest BCUT2D eigenvalue weighted by atomic mass is 19.1. The topological polar surface area (TPSA) is 88.0 Å². The Morgan fingerprint density at radius 1 is 1.19 bits per heavy atom. The Labute approximate surface area is 183 Å². The van der Waals surface area contributed by atoms with Gasteiger partial charge in [-0.1, -0.05) is 19.0 Å². The fourth-order valence-electron chi connectivity index (χ4n) is 7.90. The first-order valence-electron chi connectivity index (χ1n) is 12.0. The van der Waals surface area contributed by atoms with Crippen molar-refractivity contribution in [2.24, 2.45) is 45.6 Å². The van der Waals surface area contributed by atoms with Crippen LogP contribution in [-0.2, 0) is 14.4 Å². The second-order valence-electron chi connectivity index (χ2n) is 11.1. The van der Waals surface area contributed by atoms with Gasteiger partial charge < -0.3 is 15.3 Å². The predicted molar refractivity (Wildman–Crippen MR) is 113 cm³/mol. The highest BCUT2D eigenvalue weighted by Crippen LogP contribution is 2.65. The lowest BCUT2D eigenvalue weighted by Crippen LogP contribution is -2.61. The van der Waals surface area contributed by atoms with Crippen molar-refractivity contribution < 1.29 is 23.9 Å². The van der Waals surface area contributed by atoms with Crippen molar-refractivity contribution in [3.05, 3.63) is 0 Å². The van der Waals surface area contributed by atoms with Crippen LogP contribution in [0.4, 0.5) is 4.39 Å². The molecule has 5 fully saturated rings. The van der Waals surface area contributed by atoms with Gasteiger partial charge in [0.2, 0.25) is 0 Å². The van der Waals surface area contributed by atoms with E-state index in [0.29, 0.717) is 12.8 Å². The van der Waals surface area contributed by atoms with E-state index in [9.17, 15) is 19.1 Å². The van der Waals surface area contributed by atoms with Crippen LogP contribution in [0.2, 0.25) is 0 Å². The number of nitrogens with one attached hydrogen (secondary N) is 1. The van der Waals surface area contributed by atoms with E-state index in [4.69, 9.17) is 4.84 Å². The van der Waals surface area contributed by atoms with Crippen molar-refractivity contribution in [2.75, 3.05) is 19.7 Å². The minimum absolute atomic E-state index is 0.0201. The van der Waals surface area contributed by atoms with Gasteiger partial charge in [0.15, 0.2) is 12.0 Å². The average Bonchev–Trinajstić information content (AvgIpc) is 3.35. The molecule has 31 heavy (non-hydrogen) atoms. The van der Waals surface area contributed by atoms with E-state index < -0.39 is 17.5 Å². The molecule has 7 unspecified atom stereocenters. The average molecular weight is 435 g/mol. The number of carbonyl (C=O) groups is 2. The molecule has 0 aromatic rings. The van der Waals surface area contributed by atoms with Crippen LogP contribution >= 0.6 is 0 Å². The molecule has 7 heteroatoms. The lowest BCUT2D eigenvalue weighted by atomic mass is 9.43. The second-order valence-corrected chi connectivity index (χ2v) is 11.1. The number of rotatable bonds is 3. The Bertz CT molecular complexity index is 796. The summed E-state index contributed by atoms with van der Waals surface area (Å²) in [5.74, 6) is -1.12. The van der Waals surface area contributed by atoms with Gasteiger partial charge in [0.1, 0.15) is 11.9 Å². The van der Waals surface area contributed by atoms with E-state index in [0.717, 1.165) is 44.5 Å². The molecule has 0 aromatic heterocycles. The first kappa shape index (κ1) is 21.5. The number of hydrogen-bond acceptors (Lipinski definition) is 6. The van der Waals surface area contributed by atoms with Gasteiger partial charge in [0.25, 0.3) is 0 Å². The molecule has 9 atom stereocenters. The van der Waals surface area contributed by atoms with E-state index in [1.165, 1.54) is 0 Å². The third-order valence-corrected chi connectivity index (χ3v) is 9.79. The SMILES string of the molecule is CC12CCC3C(C(=O)[C@H](CO)C4C/C(=N/OC5CCNC5)CC[C@]34C)C1CC(F)C2=O. The van der Waals surface area contributed by atoms with Crippen molar-refractivity contribution in [2.45, 2.75) is 71.1 Å². The van der Waals surface area contributed by atoms with Crippen molar-refractivity contribution in [1.82, 2.24) is 5.32 Å². The predicted octanol–water partition coefficient (Wildman–Crippen LogP) is 2.68. The maximum absolute atomic E-state index is 14.5. The van der Waals surface area contributed by atoms with Gasteiger partial charge in [-0.05, 0) is 68.2 Å². The second kappa shape index (κ2) is 7.62. The van der Waals surface area contributed by atoms with Crippen LogP contribution in [-0.4, -0.2) is 54.4 Å². The molecule has 6 nitrogen and oxygen atoms in total. The summed E-state index contributed by atoms with van der Waals surface area (Å²) in [6.45, 7) is 5.69. The van der Waals surface area contributed by atoms with E-state index in [-0.39, 0.29) is 59.8 Å². The Morgan fingerprint density at radius 3 is 2.71 bits per heavy atom. The number of oxime groups is 1. The highest BCUT2D eigenvalue weighted by Gasteiger charge is 2.66. The van der Waals surface area contributed by atoms with Crippen molar-refractivity contribution in [1.29, 1.82) is 0 Å². The maximum Gasteiger partial charge on any atom is 0.173 e. The number of fused-ring (bicyclic) bond motifs is 5. The number of hydrogen-bond donors (Lipinski definition) is 2. The van der Waals surface area contributed by atoms with Gasteiger partial charge in [-0.2, -0.15) is 0 Å². The summed E-state index contributed by atoms with van der Waals surface area (Å²) in [6, 6.07) is 0. The lowest BCUT2D eigenvalue weighted by Gasteiger charge is -2.60. The Kier molecular flexibility index (Phi) is 5.28. The maximum atomic E-state index is 14.5. The molecule has 0 amide bonds. The molecule has 1 heterocycles. The molecule has 172 valence electrons. The highest BCUT2D eigenvalue weighted by molar-refractivity contribution is 5.95.